The molecule has 0 amide bonds. The van der Waals surface area contributed by atoms with Gasteiger partial charge < -0.3 is 15.0 Å². The predicted octanol–water partition coefficient (Wildman–Crippen LogP) is 0.765. The van der Waals surface area contributed by atoms with Gasteiger partial charge in [0.05, 0.1) is 12.2 Å². The normalized spacial score (nSPS) is 25.0. The van der Waals surface area contributed by atoms with Crippen LogP contribution in [0.2, 0.25) is 0 Å². The number of morpholine rings is 1. The first kappa shape index (κ1) is 15.5. The van der Waals surface area contributed by atoms with Crippen LogP contribution in [-0.2, 0) is 27.8 Å². The highest BCUT2D eigenvalue weighted by molar-refractivity contribution is 7.89. The molecule has 2 rings (SSSR count). The van der Waals surface area contributed by atoms with E-state index in [2.05, 4.69) is 0 Å². The van der Waals surface area contributed by atoms with E-state index in [0.717, 1.165) is 5.69 Å². The standard InChI is InChI=1S/C13H23N3O3S/c1-4-15-9-13(5-12(15)6-14)20(17,18)16-7-10(2)19-11(3)8-16/h5,9-11H,4,6-8,14H2,1-3H3/t10-,11+. The van der Waals surface area contributed by atoms with Crippen LogP contribution in [-0.4, -0.2) is 42.6 Å². The maximum absolute atomic E-state index is 12.7. The van der Waals surface area contributed by atoms with Crippen molar-refractivity contribution >= 4 is 10.0 Å². The van der Waals surface area contributed by atoms with Crippen molar-refractivity contribution in [3.8, 4) is 0 Å². The second kappa shape index (κ2) is 5.85. The van der Waals surface area contributed by atoms with Gasteiger partial charge in [-0.05, 0) is 26.8 Å². The fraction of sp³-hybridized carbons (Fsp3) is 0.692. The fourth-order valence-electron chi connectivity index (χ4n) is 2.61. The van der Waals surface area contributed by atoms with E-state index >= 15 is 0 Å². The number of hydrogen-bond donors (Lipinski definition) is 1. The smallest absolute Gasteiger partial charge is 0.244 e. The van der Waals surface area contributed by atoms with Gasteiger partial charge in [-0.15, -0.1) is 0 Å². The molecule has 2 atom stereocenters. The summed E-state index contributed by atoms with van der Waals surface area (Å²) < 4.78 is 34.3. The van der Waals surface area contributed by atoms with Crippen molar-refractivity contribution in [1.29, 1.82) is 0 Å². The summed E-state index contributed by atoms with van der Waals surface area (Å²) in [5.41, 5.74) is 6.49. The van der Waals surface area contributed by atoms with Crippen LogP contribution in [0.1, 0.15) is 26.5 Å². The molecular weight excluding hydrogens is 278 g/mol. The lowest BCUT2D eigenvalue weighted by molar-refractivity contribution is -0.0440. The van der Waals surface area contributed by atoms with Crippen LogP contribution >= 0.6 is 0 Å². The molecule has 1 aliphatic rings. The molecule has 0 bridgehead atoms. The highest BCUT2D eigenvalue weighted by atomic mass is 32.2. The van der Waals surface area contributed by atoms with Crippen LogP contribution in [0.4, 0.5) is 0 Å². The monoisotopic (exact) mass is 301 g/mol. The molecule has 1 aliphatic heterocycles. The first-order valence-corrected chi connectivity index (χ1v) is 8.37. The van der Waals surface area contributed by atoms with Gasteiger partial charge in [-0.25, -0.2) is 8.42 Å². The van der Waals surface area contributed by atoms with Gasteiger partial charge in [0.2, 0.25) is 10.0 Å². The topological polar surface area (TPSA) is 77.6 Å². The molecule has 0 aliphatic carbocycles. The SMILES string of the molecule is CCn1cc(S(=O)(=O)N2C[C@@H](C)O[C@@H](C)C2)cc1CN. The van der Waals surface area contributed by atoms with Crippen molar-refractivity contribution in [2.24, 2.45) is 5.73 Å². The van der Waals surface area contributed by atoms with E-state index in [9.17, 15) is 8.42 Å². The van der Waals surface area contributed by atoms with E-state index in [1.54, 1.807) is 12.3 Å². The van der Waals surface area contributed by atoms with Crippen LogP contribution in [0.15, 0.2) is 17.2 Å². The molecule has 7 heteroatoms. The summed E-state index contributed by atoms with van der Waals surface area (Å²) in [6.07, 6.45) is 1.49. The van der Waals surface area contributed by atoms with Crippen molar-refractivity contribution in [3.05, 3.63) is 18.0 Å². The lowest BCUT2D eigenvalue weighted by atomic mass is 10.3. The largest absolute Gasteiger partial charge is 0.373 e. The molecule has 20 heavy (non-hydrogen) atoms. The second-order valence-electron chi connectivity index (χ2n) is 5.24. The minimum absolute atomic E-state index is 0.0873. The summed E-state index contributed by atoms with van der Waals surface area (Å²) in [4.78, 5) is 0.320. The maximum atomic E-state index is 12.7. The Morgan fingerprint density at radius 1 is 1.35 bits per heavy atom. The average Bonchev–Trinajstić information content (AvgIpc) is 2.81. The Bertz CT molecular complexity index is 536. The van der Waals surface area contributed by atoms with Crippen LogP contribution in [0.25, 0.3) is 0 Å². The van der Waals surface area contributed by atoms with Crippen molar-refractivity contribution in [1.82, 2.24) is 8.87 Å². The Morgan fingerprint density at radius 2 is 1.95 bits per heavy atom. The van der Waals surface area contributed by atoms with Crippen LogP contribution < -0.4 is 5.73 Å². The molecule has 1 aromatic heterocycles. The second-order valence-corrected chi connectivity index (χ2v) is 7.17. The minimum Gasteiger partial charge on any atom is -0.373 e. The number of rotatable bonds is 4. The first-order valence-electron chi connectivity index (χ1n) is 6.93. The number of sulfonamides is 1. The molecule has 0 aromatic carbocycles. The molecule has 1 fully saturated rings. The van der Waals surface area contributed by atoms with Crippen molar-refractivity contribution in [3.63, 3.8) is 0 Å². The van der Waals surface area contributed by atoms with Gasteiger partial charge in [0.15, 0.2) is 0 Å². The Labute approximate surface area is 120 Å². The average molecular weight is 301 g/mol. The van der Waals surface area contributed by atoms with E-state index in [1.165, 1.54) is 4.31 Å². The van der Waals surface area contributed by atoms with E-state index in [-0.39, 0.29) is 12.2 Å². The lowest BCUT2D eigenvalue weighted by Gasteiger charge is -2.34. The van der Waals surface area contributed by atoms with E-state index in [0.29, 0.717) is 31.1 Å². The van der Waals surface area contributed by atoms with Gasteiger partial charge in [-0.3, -0.25) is 0 Å². The van der Waals surface area contributed by atoms with E-state index in [1.807, 2.05) is 25.3 Å². The molecule has 2 N–H and O–H groups in total. The van der Waals surface area contributed by atoms with E-state index in [4.69, 9.17) is 10.5 Å². The molecule has 1 aromatic rings. The third-order valence-electron chi connectivity index (χ3n) is 3.53. The fourth-order valence-corrected chi connectivity index (χ4v) is 4.26. The summed E-state index contributed by atoms with van der Waals surface area (Å²) >= 11 is 0. The van der Waals surface area contributed by atoms with Gasteiger partial charge in [0, 0.05) is 38.1 Å². The molecular formula is C13H23N3O3S. The Hall–Kier alpha value is -0.890. The highest BCUT2D eigenvalue weighted by Gasteiger charge is 2.33. The molecule has 0 saturated carbocycles. The summed E-state index contributed by atoms with van der Waals surface area (Å²) in [5.74, 6) is 0. The zero-order valence-corrected chi connectivity index (χ0v) is 13.1. The molecule has 0 radical (unpaired) electrons. The van der Waals surface area contributed by atoms with Crippen molar-refractivity contribution < 1.29 is 13.2 Å². The summed E-state index contributed by atoms with van der Waals surface area (Å²) in [6.45, 7) is 7.57. The molecule has 114 valence electrons. The van der Waals surface area contributed by atoms with Gasteiger partial charge in [-0.2, -0.15) is 4.31 Å². The van der Waals surface area contributed by atoms with Gasteiger partial charge in [-0.1, -0.05) is 0 Å². The van der Waals surface area contributed by atoms with Crippen molar-refractivity contribution in [2.45, 2.75) is 51.0 Å². The Kier molecular flexibility index (Phi) is 4.53. The Balaban J connectivity index is 2.32. The lowest BCUT2D eigenvalue weighted by Crippen LogP contribution is -2.48. The number of aromatic nitrogens is 1. The van der Waals surface area contributed by atoms with Gasteiger partial charge >= 0.3 is 0 Å². The van der Waals surface area contributed by atoms with Crippen molar-refractivity contribution in [2.75, 3.05) is 13.1 Å². The third-order valence-corrected chi connectivity index (χ3v) is 5.33. The van der Waals surface area contributed by atoms with E-state index < -0.39 is 10.0 Å². The maximum Gasteiger partial charge on any atom is 0.244 e. The number of hydrogen-bond acceptors (Lipinski definition) is 4. The third kappa shape index (κ3) is 2.90. The number of nitrogens with two attached hydrogens (primary N) is 1. The molecule has 6 nitrogen and oxygen atoms in total. The zero-order valence-electron chi connectivity index (χ0n) is 12.2. The first-order chi connectivity index (χ1) is 9.38. The molecule has 0 spiro atoms. The number of nitrogens with zero attached hydrogens (tertiary/aromatic N) is 2. The summed E-state index contributed by atoms with van der Waals surface area (Å²) in [5, 5.41) is 0. The number of aryl methyl sites for hydroxylation is 1. The number of ether oxygens (including phenoxy) is 1. The minimum atomic E-state index is -3.47. The van der Waals surface area contributed by atoms with Gasteiger partial charge in [0.25, 0.3) is 0 Å². The Morgan fingerprint density at radius 3 is 2.40 bits per heavy atom. The molecule has 1 saturated heterocycles. The zero-order chi connectivity index (χ0) is 14.9. The summed E-state index contributed by atoms with van der Waals surface area (Å²) in [6, 6.07) is 1.67. The molecule has 0 unspecified atom stereocenters. The quantitative estimate of drug-likeness (QED) is 0.891. The summed E-state index contributed by atoms with van der Waals surface area (Å²) in [7, 11) is -3.47. The van der Waals surface area contributed by atoms with Crippen LogP contribution in [0.3, 0.4) is 0 Å². The molecule has 2 heterocycles. The predicted molar refractivity (Wildman–Crippen MR) is 76.8 cm³/mol. The van der Waals surface area contributed by atoms with Gasteiger partial charge in [0.1, 0.15) is 4.90 Å². The van der Waals surface area contributed by atoms with Crippen LogP contribution in [0, 0.1) is 0 Å². The highest BCUT2D eigenvalue weighted by Crippen LogP contribution is 2.23. The van der Waals surface area contributed by atoms with Crippen LogP contribution in [0.5, 0.6) is 0 Å².